The van der Waals surface area contributed by atoms with E-state index in [0.29, 0.717) is 0 Å². The number of sulfone groups is 1. The molecule has 1 heterocycles. The molecule has 1 atom stereocenters. The molecule has 1 fully saturated rings. The Morgan fingerprint density at radius 3 is 2.06 bits per heavy atom. The van der Waals surface area contributed by atoms with Crippen molar-refractivity contribution in [3.63, 3.8) is 0 Å². The first-order chi connectivity index (χ1) is 14.4. The Balaban J connectivity index is 2.31. The molecule has 1 unspecified atom stereocenters. The lowest BCUT2D eigenvalue weighted by atomic mass is 10.1. The van der Waals surface area contributed by atoms with E-state index in [0.717, 1.165) is 36.7 Å². The summed E-state index contributed by atoms with van der Waals surface area (Å²) in [6, 6.07) is 2.64. The third kappa shape index (κ3) is 6.02. The number of esters is 2. The first kappa shape index (κ1) is 24.8. The van der Waals surface area contributed by atoms with Gasteiger partial charge in [-0.15, -0.1) is 0 Å². The van der Waals surface area contributed by atoms with Gasteiger partial charge >= 0.3 is 11.9 Å². The van der Waals surface area contributed by atoms with Gasteiger partial charge in [-0.3, -0.25) is 4.79 Å². The van der Waals surface area contributed by atoms with Gasteiger partial charge in [0.2, 0.25) is 15.9 Å². The third-order valence-electron chi connectivity index (χ3n) is 4.66. The van der Waals surface area contributed by atoms with Crippen LogP contribution >= 0.6 is 0 Å². The normalized spacial score (nSPS) is 17.9. The van der Waals surface area contributed by atoms with Crippen molar-refractivity contribution in [2.75, 3.05) is 38.8 Å². The number of benzene rings is 1. The number of nitrogens with zero attached hydrogens (tertiary/aromatic N) is 1. The van der Waals surface area contributed by atoms with E-state index >= 15 is 0 Å². The van der Waals surface area contributed by atoms with Gasteiger partial charge in [-0.05, 0) is 24.6 Å². The number of hydrogen-bond donors (Lipinski definition) is 1. The zero-order valence-corrected chi connectivity index (χ0v) is 18.9. The molecule has 1 aromatic carbocycles. The molecular weight excluding hydrogens is 452 g/mol. The second kappa shape index (κ2) is 9.75. The molecule has 1 aliphatic heterocycles. The van der Waals surface area contributed by atoms with Crippen molar-refractivity contribution < 1.29 is 40.7 Å². The predicted octanol–water partition coefficient (Wildman–Crippen LogP) is -0.426. The van der Waals surface area contributed by atoms with Crippen LogP contribution in [0.3, 0.4) is 0 Å². The standard InChI is InChI=1S/C18H24N2O9S2/c1-4-20(10-16(21)19-14-5-6-30(24,25)11-14)31(26,27)15-8-12(17(22)28-2)7-13(9-15)18(23)29-3/h7-9,14H,4-6,10-11H2,1-3H3,(H,19,21). The van der Waals surface area contributed by atoms with E-state index in [4.69, 9.17) is 0 Å². The second-order valence-electron chi connectivity index (χ2n) is 6.83. The summed E-state index contributed by atoms with van der Waals surface area (Å²) in [6.45, 7) is 0.857. The van der Waals surface area contributed by atoms with Crippen LogP contribution in [0, 0.1) is 0 Å². The van der Waals surface area contributed by atoms with E-state index in [9.17, 15) is 31.2 Å². The van der Waals surface area contributed by atoms with E-state index in [2.05, 4.69) is 14.8 Å². The van der Waals surface area contributed by atoms with E-state index in [1.165, 1.54) is 6.92 Å². The summed E-state index contributed by atoms with van der Waals surface area (Å²) in [6.07, 6.45) is 0.261. The van der Waals surface area contributed by atoms with Crippen molar-refractivity contribution in [1.29, 1.82) is 0 Å². The quantitative estimate of drug-likeness (QED) is 0.493. The SMILES string of the molecule is CCN(CC(=O)NC1CCS(=O)(=O)C1)S(=O)(=O)c1cc(C(=O)OC)cc(C(=O)OC)c1. The van der Waals surface area contributed by atoms with Crippen molar-refractivity contribution >= 4 is 37.7 Å². The number of methoxy groups -OCH3 is 2. The number of sulfonamides is 1. The Hall–Kier alpha value is -2.51. The molecule has 1 amide bonds. The molecule has 1 aliphatic rings. The van der Waals surface area contributed by atoms with Crippen molar-refractivity contribution in [1.82, 2.24) is 9.62 Å². The van der Waals surface area contributed by atoms with Crippen LogP contribution in [0.1, 0.15) is 34.1 Å². The molecule has 1 N–H and O–H groups in total. The summed E-state index contributed by atoms with van der Waals surface area (Å²) in [7, 11) is -5.30. The van der Waals surface area contributed by atoms with Crippen LogP contribution in [0.25, 0.3) is 0 Å². The lowest BCUT2D eigenvalue weighted by Crippen LogP contribution is -2.44. The number of hydrogen-bond acceptors (Lipinski definition) is 9. The lowest BCUT2D eigenvalue weighted by molar-refractivity contribution is -0.121. The van der Waals surface area contributed by atoms with Crippen LogP contribution in [0.5, 0.6) is 0 Å². The minimum absolute atomic E-state index is 0.0373. The molecule has 0 bridgehead atoms. The molecule has 31 heavy (non-hydrogen) atoms. The van der Waals surface area contributed by atoms with Crippen LogP contribution in [-0.4, -0.2) is 83.8 Å². The van der Waals surface area contributed by atoms with Crippen molar-refractivity contribution in [3.8, 4) is 0 Å². The van der Waals surface area contributed by atoms with Crippen LogP contribution in [0.2, 0.25) is 0 Å². The summed E-state index contributed by atoms with van der Waals surface area (Å²) in [5.74, 6) is -2.60. The molecule has 0 radical (unpaired) electrons. The molecule has 0 saturated carbocycles. The average Bonchev–Trinajstić information content (AvgIpc) is 3.07. The largest absolute Gasteiger partial charge is 0.465 e. The van der Waals surface area contributed by atoms with Crippen molar-refractivity contribution in [2.45, 2.75) is 24.3 Å². The number of nitrogens with one attached hydrogen (secondary N) is 1. The lowest BCUT2D eigenvalue weighted by Gasteiger charge is -2.21. The first-order valence-electron chi connectivity index (χ1n) is 9.25. The molecule has 1 saturated heterocycles. The van der Waals surface area contributed by atoms with Gasteiger partial charge in [0, 0.05) is 12.6 Å². The van der Waals surface area contributed by atoms with Gasteiger partial charge in [0.25, 0.3) is 0 Å². The molecule has 172 valence electrons. The van der Waals surface area contributed by atoms with Gasteiger partial charge < -0.3 is 14.8 Å². The fourth-order valence-electron chi connectivity index (χ4n) is 3.08. The smallest absolute Gasteiger partial charge is 0.337 e. The Morgan fingerprint density at radius 1 is 1.10 bits per heavy atom. The first-order valence-corrected chi connectivity index (χ1v) is 12.5. The summed E-state index contributed by atoms with van der Waals surface area (Å²) in [5, 5.41) is 2.53. The topological polar surface area (TPSA) is 153 Å². The Labute approximate surface area is 180 Å². The number of rotatable bonds is 8. The van der Waals surface area contributed by atoms with E-state index in [-0.39, 0.29) is 35.6 Å². The highest BCUT2D eigenvalue weighted by atomic mass is 32.2. The van der Waals surface area contributed by atoms with Crippen LogP contribution in [0.4, 0.5) is 0 Å². The minimum atomic E-state index is -4.29. The molecule has 1 aromatic rings. The maximum atomic E-state index is 13.1. The number of carbonyl (C=O) groups is 3. The van der Waals surface area contributed by atoms with E-state index in [1.807, 2.05) is 0 Å². The van der Waals surface area contributed by atoms with Crippen molar-refractivity contribution in [2.24, 2.45) is 0 Å². The zero-order chi connectivity index (χ0) is 23.4. The summed E-state index contributed by atoms with van der Waals surface area (Å²) in [5.41, 5.74) is -0.360. The average molecular weight is 477 g/mol. The van der Waals surface area contributed by atoms with Crippen molar-refractivity contribution in [3.05, 3.63) is 29.3 Å². The summed E-state index contributed by atoms with van der Waals surface area (Å²) < 4.78 is 59.3. The zero-order valence-electron chi connectivity index (χ0n) is 17.3. The number of carbonyl (C=O) groups excluding carboxylic acids is 3. The van der Waals surface area contributed by atoms with Gasteiger partial charge in [-0.1, -0.05) is 6.92 Å². The number of ether oxygens (including phenoxy) is 2. The summed E-state index contributed by atoms with van der Waals surface area (Å²) >= 11 is 0. The highest BCUT2D eigenvalue weighted by Crippen LogP contribution is 2.21. The monoisotopic (exact) mass is 476 g/mol. The van der Waals surface area contributed by atoms with Gasteiger partial charge in [0.05, 0.1) is 48.3 Å². The summed E-state index contributed by atoms with van der Waals surface area (Å²) in [4.78, 5) is 35.8. The number of likely N-dealkylation sites (N-methyl/N-ethyl adjacent to an activating group) is 1. The van der Waals surface area contributed by atoms with E-state index < -0.39 is 55.2 Å². The Bertz CT molecular complexity index is 1050. The van der Waals surface area contributed by atoms with Crippen LogP contribution < -0.4 is 5.32 Å². The molecule has 2 rings (SSSR count). The van der Waals surface area contributed by atoms with E-state index in [1.54, 1.807) is 0 Å². The highest BCUT2D eigenvalue weighted by Gasteiger charge is 2.31. The number of amides is 1. The van der Waals surface area contributed by atoms with Gasteiger partial charge in [-0.2, -0.15) is 4.31 Å². The molecule has 0 aromatic heterocycles. The molecule has 13 heteroatoms. The Morgan fingerprint density at radius 2 is 1.65 bits per heavy atom. The maximum absolute atomic E-state index is 13.1. The molecular formula is C18H24N2O9S2. The fraction of sp³-hybridized carbons (Fsp3) is 0.500. The van der Waals surface area contributed by atoms with Gasteiger partial charge in [-0.25, -0.2) is 26.4 Å². The van der Waals surface area contributed by atoms with Crippen LogP contribution in [-0.2, 0) is 34.1 Å². The highest BCUT2D eigenvalue weighted by molar-refractivity contribution is 7.91. The third-order valence-corrected chi connectivity index (χ3v) is 8.32. The molecule has 0 spiro atoms. The second-order valence-corrected chi connectivity index (χ2v) is 11.0. The molecule has 11 nitrogen and oxygen atoms in total. The molecule has 0 aliphatic carbocycles. The van der Waals surface area contributed by atoms with Gasteiger partial charge in [0.15, 0.2) is 9.84 Å². The fourth-order valence-corrected chi connectivity index (χ4v) is 6.23. The van der Waals surface area contributed by atoms with Crippen LogP contribution in [0.15, 0.2) is 23.1 Å². The minimum Gasteiger partial charge on any atom is -0.465 e. The predicted molar refractivity (Wildman–Crippen MR) is 109 cm³/mol. The van der Waals surface area contributed by atoms with Gasteiger partial charge in [0.1, 0.15) is 0 Å². The maximum Gasteiger partial charge on any atom is 0.337 e. The Kier molecular flexibility index (Phi) is 7.78.